The highest BCUT2D eigenvalue weighted by Gasteiger charge is 2.23. The zero-order valence-electron chi connectivity index (χ0n) is 13.0. The first-order chi connectivity index (χ1) is 10.5. The van der Waals surface area contributed by atoms with Gasteiger partial charge in [-0.3, -0.25) is 9.59 Å². The summed E-state index contributed by atoms with van der Waals surface area (Å²) in [6, 6.07) is 1.14. The van der Waals surface area contributed by atoms with E-state index in [0.29, 0.717) is 18.6 Å². The maximum atomic E-state index is 13.0. The fourth-order valence-corrected chi connectivity index (χ4v) is 2.09. The molecule has 0 bridgehead atoms. The molecule has 1 atom stereocenters. The van der Waals surface area contributed by atoms with Gasteiger partial charge >= 0.3 is 11.8 Å². The summed E-state index contributed by atoms with van der Waals surface area (Å²) in [5, 5.41) is 13.7. The quantitative estimate of drug-likeness (QED) is 0.570. The first-order valence-corrected chi connectivity index (χ1v) is 6.93. The summed E-state index contributed by atoms with van der Waals surface area (Å²) in [7, 11) is 0. The summed E-state index contributed by atoms with van der Waals surface area (Å²) in [6.45, 7) is 5.31. The molecule has 1 aromatic rings. The van der Waals surface area contributed by atoms with Crippen molar-refractivity contribution in [3.63, 3.8) is 0 Å². The molecule has 2 amide bonds. The maximum Gasteiger partial charge on any atom is 0.313 e. The predicted octanol–water partition coefficient (Wildman–Crippen LogP) is 1.96. The molecule has 0 aliphatic carbocycles. The van der Waals surface area contributed by atoms with Crippen LogP contribution in [0.2, 0.25) is 0 Å². The molecule has 0 saturated heterocycles. The lowest BCUT2D eigenvalue weighted by Crippen LogP contribution is -2.41. The lowest BCUT2D eigenvalue weighted by Gasteiger charge is -2.26. The number of nitrogens with one attached hydrogen (secondary N) is 2. The van der Waals surface area contributed by atoms with E-state index in [1.807, 2.05) is 5.32 Å². The zero-order chi connectivity index (χ0) is 17.8. The Bertz CT molecular complexity index is 581. The largest absolute Gasteiger partial charge is 0.393 e. The van der Waals surface area contributed by atoms with Gasteiger partial charge in [0.15, 0.2) is 17.5 Å². The maximum absolute atomic E-state index is 13.0. The lowest BCUT2D eigenvalue weighted by atomic mass is 9.87. The molecule has 0 heterocycles. The van der Waals surface area contributed by atoms with Crippen LogP contribution < -0.4 is 10.6 Å². The van der Waals surface area contributed by atoms with Crippen LogP contribution in [-0.4, -0.2) is 29.6 Å². The van der Waals surface area contributed by atoms with Gasteiger partial charge < -0.3 is 15.7 Å². The van der Waals surface area contributed by atoms with Crippen LogP contribution in [-0.2, 0) is 9.59 Å². The molecule has 5 nitrogen and oxygen atoms in total. The van der Waals surface area contributed by atoms with Gasteiger partial charge in [0, 0.05) is 24.4 Å². The normalized spacial score (nSPS) is 12.7. The molecule has 0 aliphatic rings. The van der Waals surface area contributed by atoms with E-state index in [1.54, 1.807) is 20.8 Å². The van der Waals surface area contributed by atoms with Gasteiger partial charge in [-0.05, 0) is 18.8 Å². The summed E-state index contributed by atoms with van der Waals surface area (Å²) in [5.74, 6) is -6.75. The minimum Gasteiger partial charge on any atom is -0.393 e. The number of benzene rings is 1. The molecular weight excluding hydrogens is 313 g/mol. The van der Waals surface area contributed by atoms with E-state index < -0.39 is 40.8 Å². The number of hydrogen-bond donors (Lipinski definition) is 3. The number of rotatable bonds is 5. The average Bonchev–Trinajstić information content (AvgIpc) is 2.40. The van der Waals surface area contributed by atoms with Crippen LogP contribution in [0.25, 0.3) is 0 Å². The summed E-state index contributed by atoms with van der Waals surface area (Å²) in [4.78, 5) is 23.3. The standard InChI is InChI=1S/C15H19F3N2O3/c1-8(21)6-15(2,3)7-19-13(22)14(23)20-9-4-10(16)12(18)11(17)5-9/h4-5,8,21H,6-7H2,1-3H3,(H,19,22)(H,20,23). The minimum absolute atomic E-state index is 0.121. The Morgan fingerprint density at radius 2 is 1.70 bits per heavy atom. The van der Waals surface area contributed by atoms with Gasteiger partial charge in [0.1, 0.15) is 0 Å². The van der Waals surface area contributed by atoms with Gasteiger partial charge in [-0.15, -0.1) is 0 Å². The third-order valence-corrected chi connectivity index (χ3v) is 3.02. The van der Waals surface area contributed by atoms with Gasteiger partial charge in [0.2, 0.25) is 0 Å². The van der Waals surface area contributed by atoms with E-state index in [4.69, 9.17) is 0 Å². The Kier molecular flexibility index (Phi) is 6.14. The average molecular weight is 332 g/mol. The Hall–Kier alpha value is -2.09. The monoisotopic (exact) mass is 332 g/mol. The summed E-state index contributed by atoms with van der Waals surface area (Å²) < 4.78 is 38.9. The number of hydrogen-bond acceptors (Lipinski definition) is 3. The van der Waals surface area contributed by atoms with Crippen molar-refractivity contribution >= 4 is 17.5 Å². The molecule has 0 radical (unpaired) electrons. The number of halogens is 3. The van der Waals surface area contributed by atoms with Crippen molar-refractivity contribution in [2.75, 3.05) is 11.9 Å². The second-order valence-electron chi connectivity index (χ2n) is 6.11. The molecule has 8 heteroatoms. The highest BCUT2D eigenvalue weighted by Crippen LogP contribution is 2.21. The van der Waals surface area contributed by atoms with Crippen LogP contribution in [0.5, 0.6) is 0 Å². The molecule has 1 rings (SSSR count). The number of amides is 2. The minimum atomic E-state index is -1.66. The molecule has 0 aromatic heterocycles. The van der Waals surface area contributed by atoms with Crippen LogP contribution >= 0.6 is 0 Å². The van der Waals surface area contributed by atoms with Crippen LogP contribution in [0.15, 0.2) is 12.1 Å². The smallest absolute Gasteiger partial charge is 0.313 e. The van der Waals surface area contributed by atoms with E-state index in [1.165, 1.54) is 0 Å². The Labute approximate surface area is 131 Å². The van der Waals surface area contributed by atoms with Gasteiger partial charge in [-0.25, -0.2) is 13.2 Å². The molecule has 1 unspecified atom stereocenters. The molecule has 128 valence electrons. The SMILES string of the molecule is CC(O)CC(C)(C)CNC(=O)C(=O)Nc1cc(F)c(F)c(F)c1. The Balaban J connectivity index is 2.63. The highest BCUT2D eigenvalue weighted by atomic mass is 19.2. The second-order valence-corrected chi connectivity index (χ2v) is 6.11. The molecule has 1 aromatic carbocycles. The fourth-order valence-electron chi connectivity index (χ4n) is 2.09. The second kappa shape index (κ2) is 7.45. The van der Waals surface area contributed by atoms with Crippen LogP contribution in [0.1, 0.15) is 27.2 Å². The van der Waals surface area contributed by atoms with E-state index >= 15 is 0 Å². The fraction of sp³-hybridized carbons (Fsp3) is 0.467. The topological polar surface area (TPSA) is 78.4 Å². The number of aliphatic hydroxyl groups is 1. The van der Waals surface area contributed by atoms with Crippen molar-refractivity contribution in [2.24, 2.45) is 5.41 Å². The Morgan fingerprint density at radius 3 is 2.17 bits per heavy atom. The highest BCUT2D eigenvalue weighted by molar-refractivity contribution is 6.39. The van der Waals surface area contributed by atoms with E-state index in [2.05, 4.69) is 5.32 Å². The number of aliphatic hydroxyl groups excluding tert-OH is 1. The van der Waals surface area contributed by atoms with Crippen molar-refractivity contribution < 1.29 is 27.9 Å². The van der Waals surface area contributed by atoms with Crippen molar-refractivity contribution in [2.45, 2.75) is 33.3 Å². The summed E-state index contributed by atoms with van der Waals surface area (Å²) >= 11 is 0. The Morgan fingerprint density at radius 1 is 1.17 bits per heavy atom. The third-order valence-electron chi connectivity index (χ3n) is 3.02. The van der Waals surface area contributed by atoms with Gasteiger partial charge in [-0.1, -0.05) is 13.8 Å². The lowest BCUT2D eigenvalue weighted by molar-refractivity contribution is -0.136. The van der Waals surface area contributed by atoms with Gasteiger partial charge in [-0.2, -0.15) is 0 Å². The van der Waals surface area contributed by atoms with E-state index in [0.717, 1.165) is 0 Å². The van der Waals surface area contributed by atoms with Gasteiger partial charge in [0.25, 0.3) is 0 Å². The first-order valence-electron chi connectivity index (χ1n) is 6.93. The van der Waals surface area contributed by atoms with Gasteiger partial charge in [0.05, 0.1) is 6.10 Å². The molecule has 0 fully saturated rings. The zero-order valence-corrected chi connectivity index (χ0v) is 13.0. The van der Waals surface area contributed by atoms with Crippen molar-refractivity contribution in [1.29, 1.82) is 0 Å². The molecule has 0 aliphatic heterocycles. The predicted molar refractivity (Wildman–Crippen MR) is 78.0 cm³/mol. The third kappa shape index (κ3) is 5.90. The number of carbonyl (C=O) groups excluding carboxylic acids is 2. The van der Waals surface area contributed by atoms with Crippen LogP contribution in [0.4, 0.5) is 18.9 Å². The summed E-state index contributed by atoms with van der Waals surface area (Å²) in [6.07, 6.45) is -0.163. The first kappa shape index (κ1) is 19.0. The van der Waals surface area contributed by atoms with Crippen molar-refractivity contribution in [1.82, 2.24) is 5.32 Å². The van der Waals surface area contributed by atoms with Crippen LogP contribution in [0, 0.1) is 22.9 Å². The molecule has 23 heavy (non-hydrogen) atoms. The number of anilines is 1. The summed E-state index contributed by atoms with van der Waals surface area (Å²) in [5.41, 5.74) is -0.817. The number of carbonyl (C=O) groups is 2. The van der Waals surface area contributed by atoms with E-state index in [-0.39, 0.29) is 12.2 Å². The van der Waals surface area contributed by atoms with E-state index in [9.17, 15) is 27.9 Å². The molecule has 0 spiro atoms. The van der Waals surface area contributed by atoms with Crippen LogP contribution in [0.3, 0.4) is 0 Å². The molecular formula is C15H19F3N2O3. The molecule has 3 N–H and O–H groups in total. The van der Waals surface area contributed by atoms with Crippen molar-refractivity contribution in [3.05, 3.63) is 29.6 Å². The van der Waals surface area contributed by atoms with Crippen molar-refractivity contribution in [3.8, 4) is 0 Å². The molecule has 0 saturated carbocycles.